The van der Waals surface area contributed by atoms with E-state index in [2.05, 4.69) is 13.8 Å². The molecule has 0 heterocycles. The van der Waals surface area contributed by atoms with Gasteiger partial charge in [-0.15, -0.1) is 0 Å². The van der Waals surface area contributed by atoms with Crippen LogP contribution < -0.4 is 10.7 Å². The minimum Gasteiger partial charge on any atom is -0.421 e. The molecule has 0 radical (unpaired) electrons. The molecule has 1 aromatic rings. The van der Waals surface area contributed by atoms with Crippen molar-refractivity contribution in [1.82, 2.24) is 4.83 Å². The van der Waals surface area contributed by atoms with E-state index in [0.29, 0.717) is 18.0 Å². The van der Waals surface area contributed by atoms with Crippen LogP contribution in [0.25, 0.3) is 0 Å². The molecule has 0 fully saturated rings. The largest absolute Gasteiger partial charge is 0.489 e. The number of rotatable bonds is 10. The molecule has 0 atom stereocenters. The van der Waals surface area contributed by atoms with E-state index in [4.69, 9.17) is 18.8 Å². The quantitative estimate of drug-likeness (QED) is 0.350. The molecule has 0 bridgehead atoms. The summed E-state index contributed by atoms with van der Waals surface area (Å²) in [6, 6.07) is 7.22. The van der Waals surface area contributed by atoms with E-state index < -0.39 is 28.6 Å². The van der Waals surface area contributed by atoms with Gasteiger partial charge in [0, 0.05) is 20.3 Å². The Morgan fingerprint density at radius 1 is 1.22 bits per heavy atom. The van der Waals surface area contributed by atoms with Crippen molar-refractivity contribution in [3.05, 3.63) is 29.8 Å². The normalized spacial score (nSPS) is 13.3. The summed E-state index contributed by atoms with van der Waals surface area (Å²) in [6.45, 7) is 4.25. The van der Waals surface area contributed by atoms with Gasteiger partial charge >= 0.3 is 8.80 Å². The third-order valence-corrected chi connectivity index (χ3v) is 9.77. The fourth-order valence-corrected chi connectivity index (χ4v) is 7.64. The van der Waals surface area contributed by atoms with E-state index >= 15 is 0 Å². The maximum Gasteiger partial charge on any atom is 0.489 e. The van der Waals surface area contributed by atoms with Gasteiger partial charge in [-0.1, -0.05) is 26.0 Å². The fourth-order valence-electron chi connectivity index (χ4n) is 1.97. The first-order valence-electron chi connectivity index (χ1n) is 7.34. The van der Waals surface area contributed by atoms with Crippen molar-refractivity contribution in [3.63, 3.8) is 0 Å². The second kappa shape index (κ2) is 9.04. The Kier molecular flexibility index (Phi) is 8.03. The molecule has 1 aromatic carbocycles. The van der Waals surface area contributed by atoms with Gasteiger partial charge in [-0.2, -0.15) is 4.83 Å². The average molecular weight is 379 g/mol. The highest BCUT2D eigenvalue weighted by atomic mass is 32.2. The Balaban J connectivity index is 2.74. The maximum atomic E-state index is 11.6. The molecule has 0 aliphatic heterocycles. The zero-order valence-corrected chi connectivity index (χ0v) is 17.3. The van der Waals surface area contributed by atoms with Gasteiger partial charge in [0.15, 0.2) is 9.76 Å². The van der Waals surface area contributed by atoms with Gasteiger partial charge in [-0.25, -0.2) is 8.42 Å². The first-order valence-corrected chi connectivity index (χ1v) is 12.1. The molecular weight excluding hydrogens is 352 g/mol. The Labute approximate surface area is 141 Å². The molecule has 0 aliphatic rings. The lowest BCUT2D eigenvalue weighted by Gasteiger charge is -2.27. The zero-order valence-electron chi connectivity index (χ0n) is 14.0. The van der Waals surface area contributed by atoms with Crippen LogP contribution in [0.5, 0.6) is 0 Å². The molecular formula is C13H26N2O5SSi2. The Bertz CT molecular complexity index is 577. The summed E-state index contributed by atoms with van der Waals surface area (Å²) in [5, 5.41) is 0. The van der Waals surface area contributed by atoms with Crippen molar-refractivity contribution in [2.45, 2.75) is 36.7 Å². The molecule has 3 N–H and O–H groups in total. The molecule has 0 unspecified atom stereocenters. The fraction of sp³-hybridized carbons (Fsp3) is 0.538. The van der Waals surface area contributed by atoms with Crippen molar-refractivity contribution >= 4 is 28.6 Å². The van der Waals surface area contributed by atoms with Crippen LogP contribution in [0.15, 0.2) is 29.2 Å². The van der Waals surface area contributed by atoms with Crippen molar-refractivity contribution < 1.29 is 21.4 Å². The van der Waals surface area contributed by atoms with E-state index in [9.17, 15) is 8.42 Å². The van der Waals surface area contributed by atoms with Gasteiger partial charge in [-0.05, 0) is 29.7 Å². The Morgan fingerprint density at radius 3 is 2.22 bits per heavy atom. The van der Waals surface area contributed by atoms with Crippen molar-refractivity contribution in [3.8, 4) is 0 Å². The molecule has 7 nitrogen and oxygen atoms in total. The number of aryl methyl sites for hydroxylation is 1. The molecule has 0 saturated heterocycles. The lowest BCUT2D eigenvalue weighted by Crippen LogP contribution is -2.45. The number of sulfonamides is 1. The molecule has 0 amide bonds. The van der Waals surface area contributed by atoms with Crippen LogP contribution in [0.4, 0.5) is 0 Å². The van der Waals surface area contributed by atoms with Crippen molar-refractivity contribution in [1.29, 1.82) is 0 Å². The van der Waals surface area contributed by atoms with E-state index in [1.54, 1.807) is 31.2 Å². The zero-order chi connectivity index (χ0) is 17.5. The van der Waals surface area contributed by atoms with Crippen molar-refractivity contribution in [2.24, 2.45) is 5.84 Å². The number of benzene rings is 1. The number of hydrogen-bond donors (Lipinski definition) is 2. The molecule has 132 valence electrons. The lowest BCUT2D eigenvalue weighted by atomic mass is 10.2. The third kappa shape index (κ3) is 6.08. The first-order chi connectivity index (χ1) is 10.8. The van der Waals surface area contributed by atoms with Gasteiger partial charge in [0.25, 0.3) is 10.0 Å². The Hall–Kier alpha value is -0.596. The molecule has 10 heteroatoms. The number of nitrogens with two attached hydrogens (primary N) is 1. The van der Waals surface area contributed by atoms with Crippen LogP contribution in [-0.2, 0) is 29.4 Å². The van der Waals surface area contributed by atoms with Gasteiger partial charge in [0.05, 0.1) is 4.90 Å². The highest BCUT2D eigenvalue weighted by Gasteiger charge is 2.38. The summed E-state index contributed by atoms with van der Waals surface area (Å²) < 4.78 is 40.3. The SMILES string of the molecule is CO[Si](CCc1ccc(S(=O)(=O)NN)cc1)(OC)O[SiH2]C(C)C. The van der Waals surface area contributed by atoms with E-state index in [1.165, 1.54) is 12.1 Å². The predicted molar refractivity (Wildman–Crippen MR) is 94.0 cm³/mol. The predicted octanol–water partition coefficient (Wildman–Crippen LogP) is 0.541. The topological polar surface area (TPSA) is 99.9 Å². The highest BCUT2D eigenvalue weighted by Crippen LogP contribution is 2.19. The molecule has 1 rings (SSSR count). The second-order valence-electron chi connectivity index (χ2n) is 5.56. The standard InChI is InChI=1S/C13H26N2O5SSi2/c1-11(2)22-20-23(18-3,19-4)10-9-12-5-7-13(8-6-12)21(16,17)15-14/h5-8,11,15H,9-10,14,22H2,1-4H3. The minimum absolute atomic E-state index is 0.134. The molecule has 0 saturated carbocycles. The highest BCUT2D eigenvalue weighted by molar-refractivity contribution is 7.89. The summed E-state index contributed by atoms with van der Waals surface area (Å²) >= 11 is 0. The summed E-state index contributed by atoms with van der Waals surface area (Å²) in [5.74, 6) is 5.01. The van der Waals surface area contributed by atoms with Crippen LogP contribution in [0.2, 0.25) is 11.6 Å². The van der Waals surface area contributed by atoms with E-state index in [-0.39, 0.29) is 4.90 Å². The second-order valence-corrected chi connectivity index (χ2v) is 13.1. The van der Waals surface area contributed by atoms with E-state index in [0.717, 1.165) is 5.56 Å². The van der Waals surface area contributed by atoms with Gasteiger partial charge < -0.3 is 13.0 Å². The first kappa shape index (κ1) is 20.4. The third-order valence-electron chi connectivity index (χ3n) is 3.37. The monoisotopic (exact) mass is 378 g/mol. The van der Waals surface area contributed by atoms with Crippen LogP contribution >= 0.6 is 0 Å². The van der Waals surface area contributed by atoms with Gasteiger partial charge in [-0.3, -0.25) is 5.84 Å². The number of hydrazine groups is 1. The molecule has 23 heavy (non-hydrogen) atoms. The van der Waals surface area contributed by atoms with E-state index in [1.807, 2.05) is 0 Å². The van der Waals surface area contributed by atoms with Crippen LogP contribution in [-0.4, -0.2) is 41.2 Å². The summed E-state index contributed by atoms with van der Waals surface area (Å²) in [4.78, 5) is 1.94. The smallest absolute Gasteiger partial charge is 0.421 e. The number of hydrogen-bond acceptors (Lipinski definition) is 6. The summed E-state index contributed by atoms with van der Waals surface area (Å²) in [6.07, 6.45) is 0.691. The van der Waals surface area contributed by atoms with Crippen molar-refractivity contribution in [2.75, 3.05) is 14.2 Å². The van der Waals surface area contributed by atoms with Crippen LogP contribution in [0.3, 0.4) is 0 Å². The Morgan fingerprint density at radius 2 is 1.78 bits per heavy atom. The number of nitrogens with one attached hydrogen (secondary N) is 1. The van der Waals surface area contributed by atoms with Crippen LogP contribution in [0, 0.1) is 0 Å². The minimum atomic E-state index is -3.62. The van der Waals surface area contributed by atoms with Gasteiger partial charge in [0.2, 0.25) is 0 Å². The summed E-state index contributed by atoms with van der Waals surface area (Å²) in [5.41, 5.74) is 1.52. The molecule has 0 aromatic heterocycles. The molecule has 0 spiro atoms. The molecule has 0 aliphatic carbocycles. The summed E-state index contributed by atoms with van der Waals surface area (Å²) in [7, 11) is -3.71. The maximum absolute atomic E-state index is 11.6. The average Bonchev–Trinajstić information content (AvgIpc) is 2.56. The lowest BCUT2D eigenvalue weighted by molar-refractivity contribution is 0.162. The van der Waals surface area contributed by atoms with Gasteiger partial charge in [0.1, 0.15) is 0 Å². The van der Waals surface area contributed by atoms with Crippen LogP contribution in [0.1, 0.15) is 19.4 Å².